The van der Waals surface area contributed by atoms with Gasteiger partial charge in [-0.3, -0.25) is 0 Å². The minimum Gasteiger partial charge on any atom is -0.322 e. The maximum absolute atomic E-state index is 12.3. The van der Waals surface area contributed by atoms with Crippen molar-refractivity contribution in [2.45, 2.75) is 32.2 Å². The molecule has 0 spiro atoms. The smallest absolute Gasteiger partial charge is 0.260 e. The zero-order chi connectivity index (χ0) is 8.36. The van der Waals surface area contributed by atoms with Crippen molar-refractivity contribution >= 4 is 0 Å². The molecule has 0 radical (unpaired) electrons. The first-order valence-electron chi connectivity index (χ1n) is 3.12. The molecule has 60 valence electrons. The van der Waals surface area contributed by atoms with Gasteiger partial charge in [0.15, 0.2) is 0 Å². The molecule has 3 heteroatoms. The van der Waals surface area contributed by atoms with Gasteiger partial charge < -0.3 is 5.73 Å². The van der Waals surface area contributed by atoms with E-state index in [4.69, 9.17) is 5.73 Å². The van der Waals surface area contributed by atoms with E-state index in [1.807, 2.05) is 0 Å². The van der Waals surface area contributed by atoms with Crippen LogP contribution in [-0.2, 0) is 0 Å². The van der Waals surface area contributed by atoms with Crippen LogP contribution in [0.15, 0.2) is 12.2 Å². The molecule has 0 aliphatic carbocycles. The maximum atomic E-state index is 12.3. The molecular formula is C7H13F2N. The van der Waals surface area contributed by atoms with Gasteiger partial charge in [0.05, 0.1) is 6.04 Å². The van der Waals surface area contributed by atoms with Gasteiger partial charge in [0.1, 0.15) is 0 Å². The Morgan fingerprint density at radius 2 is 2.10 bits per heavy atom. The maximum Gasteiger partial charge on any atom is 0.260 e. The second kappa shape index (κ2) is 3.10. The largest absolute Gasteiger partial charge is 0.322 e. The van der Waals surface area contributed by atoms with Gasteiger partial charge in [-0.05, 0) is 13.3 Å². The van der Waals surface area contributed by atoms with Crippen LogP contribution in [0.5, 0.6) is 0 Å². The summed E-state index contributed by atoms with van der Waals surface area (Å²) >= 11 is 0. The number of alkyl halides is 2. The first-order chi connectivity index (χ1) is 4.34. The van der Waals surface area contributed by atoms with Gasteiger partial charge in [0.2, 0.25) is 0 Å². The predicted molar refractivity (Wildman–Crippen MR) is 38.0 cm³/mol. The Labute approximate surface area is 59.9 Å². The minimum atomic E-state index is -2.79. The standard InChI is InChI=1S/C7H13F2N/c1-5(2)4-6(10)7(3,8)9/h6H,1,4,10H2,2-3H3. The number of hydrogen-bond acceptors (Lipinski definition) is 1. The predicted octanol–water partition coefficient (Wildman–Crippen LogP) is 1.94. The van der Waals surface area contributed by atoms with E-state index in [0.29, 0.717) is 5.57 Å². The van der Waals surface area contributed by atoms with Crippen LogP contribution in [-0.4, -0.2) is 12.0 Å². The molecule has 0 heterocycles. The normalized spacial score (nSPS) is 14.9. The molecule has 0 aromatic carbocycles. The third-order valence-electron chi connectivity index (χ3n) is 1.22. The molecule has 0 fully saturated rings. The molecular weight excluding hydrogens is 136 g/mol. The summed E-state index contributed by atoms with van der Waals surface area (Å²) in [6.45, 7) is 6.00. The lowest BCUT2D eigenvalue weighted by molar-refractivity contribution is -0.00508. The molecule has 0 aliphatic rings. The van der Waals surface area contributed by atoms with Gasteiger partial charge >= 0.3 is 0 Å². The molecule has 0 amide bonds. The van der Waals surface area contributed by atoms with Crippen LogP contribution in [0, 0.1) is 0 Å². The zero-order valence-electron chi connectivity index (χ0n) is 6.32. The summed E-state index contributed by atoms with van der Waals surface area (Å²) in [7, 11) is 0. The summed E-state index contributed by atoms with van der Waals surface area (Å²) in [4.78, 5) is 0. The number of halogens is 2. The summed E-state index contributed by atoms with van der Waals surface area (Å²) in [5, 5.41) is 0. The van der Waals surface area contributed by atoms with Gasteiger partial charge in [-0.15, -0.1) is 6.58 Å². The summed E-state index contributed by atoms with van der Waals surface area (Å²) < 4.78 is 24.6. The number of nitrogens with two attached hydrogens (primary N) is 1. The molecule has 0 saturated carbocycles. The second-order valence-corrected chi connectivity index (χ2v) is 2.72. The van der Waals surface area contributed by atoms with Crippen LogP contribution in [0.1, 0.15) is 20.3 Å². The van der Waals surface area contributed by atoms with E-state index in [2.05, 4.69) is 6.58 Å². The second-order valence-electron chi connectivity index (χ2n) is 2.72. The number of hydrogen-bond donors (Lipinski definition) is 1. The molecule has 10 heavy (non-hydrogen) atoms. The van der Waals surface area contributed by atoms with E-state index >= 15 is 0 Å². The first-order valence-corrected chi connectivity index (χ1v) is 3.12. The van der Waals surface area contributed by atoms with Crippen LogP contribution in [0.25, 0.3) is 0 Å². The Morgan fingerprint density at radius 3 is 2.20 bits per heavy atom. The minimum absolute atomic E-state index is 0.184. The Hall–Kier alpha value is -0.440. The van der Waals surface area contributed by atoms with Crippen molar-refractivity contribution in [3.05, 3.63) is 12.2 Å². The molecule has 1 unspecified atom stereocenters. The highest BCUT2D eigenvalue weighted by molar-refractivity contribution is 4.95. The van der Waals surface area contributed by atoms with Crippen molar-refractivity contribution in [3.8, 4) is 0 Å². The van der Waals surface area contributed by atoms with Crippen LogP contribution in [0.3, 0.4) is 0 Å². The average Bonchev–Trinajstić information content (AvgIpc) is 1.60. The SMILES string of the molecule is C=C(C)CC(N)C(C)(F)F. The van der Waals surface area contributed by atoms with E-state index in [1.165, 1.54) is 0 Å². The van der Waals surface area contributed by atoms with Gasteiger partial charge in [0, 0.05) is 6.92 Å². The number of rotatable bonds is 3. The highest BCUT2D eigenvalue weighted by atomic mass is 19.3. The molecule has 0 aromatic rings. The van der Waals surface area contributed by atoms with Crippen LogP contribution < -0.4 is 5.73 Å². The molecule has 1 atom stereocenters. The molecule has 1 nitrogen and oxygen atoms in total. The van der Waals surface area contributed by atoms with E-state index in [1.54, 1.807) is 6.92 Å². The third-order valence-corrected chi connectivity index (χ3v) is 1.22. The van der Waals surface area contributed by atoms with Crippen molar-refractivity contribution < 1.29 is 8.78 Å². The fourth-order valence-electron chi connectivity index (χ4n) is 0.555. The Morgan fingerprint density at radius 1 is 1.70 bits per heavy atom. The highest BCUT2D eigenvalue weighted by Crippen LogP contribution is 2.19. The monoisotopic (exact) mass is 149 g/mol. The highest BCUT2D eigenvalue weighted by Gasteiger charge is 2.30. The van der Waals surface area contributed by atoms with Crippen molar-refractivity contribution in [2.75, 3.05) is 0 Å². The Kier molecular flexibility index (Phi) is 2.96. The van der Waals surface area contributed by atoms with Crippen molar-refractivity contribution in [3.63, 3.8) is 0 Å². The van der Waals surface area contributed by atoms with Gasteiger partial charge in [0.25, 0.3) is 5.92 Å². The lowest BCUT2D eigenvalue weighted by Gasteiger charge is -2.18. The fourth-order valence-corrected chi connectivity index (χ4v) is 0.555. The van der Waals surface area contributed by atoms with Gasteiger partial charge in [-0.2, -0.15) is 0 Å². The molecule has 0 rings (SSSR count). The van der Waals surface area contributed by atoms with Gasteiger partial charge in [-0.1, -0.05) is 5.57 Å². The first kappa shape index (κ1) is 9.56. The lowest BCUT2D eigenvalue weighted by atomic mass is 10.1. The summed E-state index contributed by atoms with van der Waals surface area (Å²) in [6, 6.07) is -1.09. The van der Waals surface area contributed by atoms with Crippen molar-refractivity contribution in [1.29, 1.82) is 0 Å². The quantitative estimate of drug-likeness (QED) is 0.610. The van der Waals surface area contributed by atoms with Gasteiger partial charge in [-0.25, -0.2) is 8.78 Å². The zero-order valence-corrected chi connectivity index (χ0v) is 6.32. The molecule has 0 saturated heterocycles. The van der Waals surface area contributed by atoms with E-state index in [0.717, 1.165) is 6.92 Å². The van der Waals surface area contributed by atoms with Crippen LogP contribution >= 0.6 is 0 Å². The summed E-state index contributed by atoms with van der Waals surface area (Å²) in [6.07, 6.45) is 0.184. The van der Waals surface area contributed by atoms with Crippen molar-refractivity contribution in [2.24, 2.45) is 5.73 Å². The summed E-state index contributed by atoms with van der Waals surface area (Å²) in [5.41, 5.74) is 5.83. The van der Waals surface area contributed by atoms with E-state index in [9.17, 15) is 8.78 Å². The average molecular weight is 149 g/mol. The Balaban J connectivity index is 3.85. The fraction of sp³-hybridized carbons (Fsp3) is 0.714. The molecule has 0 aliphatic heterocycles. The molecule has 0 aromatic heterocycles. The molecule has 0 bridgehead atoms. The van der Waals surface area contributed by atoms with Crippen LogP contribution in [0.4, 0.5) is 8.78 Å². The van der Waals surface area contributed by atoms with E-state index < -0.39 is 12.0 Å². The topological polar surface area (TPSA) is 26.0 Å². The lowest BCUT2D eigenvalue weighted by Crippen LogP contribution is -2.38. The molecule has 2 N–H and O–H groups in total. The summed E-state index contributed by atoms with van der Waals surface area (Å²) in [5.74, 6) is -2.79. The van der Waals surface area contributed by atoms with Crippen LogP contribution in [0.2, 0.25) is 0 Å². The van der Waals surface area contributed by atoms with E-state index in [-0.39, 0.29) is 6.42 Å². The van der Waals surface area contributed by atoms with Crippen molar-refractivity contribution in [1.82, 2.24) is 0 Å². The Bertz CT molecular complexity index is 126. The third kappa shape index (κ3) is 3.56.